The summed E-state index contributed by atoms with van der Waals surface area (Å²) < 4.78 is 10.8. The second kappa shape index (κ2) is 5.20. The molecule has 2 aliphatic rings. The van der Waals surface area contributed by atoms with Crippen LogP contribution in [0.2, 0.25) is 0 Å². The summed E-state index contributed by atoms with van der Waals surface area (Å²) in [6.45, 7) is 0.674. The lowest BCUT2D eigenvalue weighted by Gasteiger charge is -2.41. The largest absolute Gasteiger partial charge is 0.504 e. The lowest BCUT2D eigenvalue weighted by atomic mass is 9.85. The molecule has 2 saturated heterocycles. The minimum Gasteiger partial charge on any atom is -0.504 e. The minimum absolute atomic E-state index is 0.0907. The number of carbonyl (C=O) groups excluding carboxylic acids is 1. The van der Waals surface area contributed by atoms with Gasteiger partial charge in [-0.15, -0.1) is 0 Å². The Bertz CT molecular complexity index is 520. The Kier molecular flexibility index (Phi) is 3.40. The molecule has 2 fully saturated rings. The lowest BCUT2D eigenvalue weighted by molar-refractivity contribution is -0.0602. The van der Waals surface area contributed by atoms with E-state index < -0.39 is 0 Å². The van der Waals surface area contributed by atoms with E-state index >= 15 is 0 Å². The number of rotatable bonds is 2. The fraction of sp³-hybridized carbons (Fsp3) is 0.500. The van der Waals surface area contributed by atoms with Crippen molar-refractivity contribution in [2.75, 3.05) is 13.7 Å². The maximum absolute atomic E-state index is 11.7. The predicted octanol–water partition coefficient (Wildman–Crippen LogP) is 1.51. The number of ether oxygens (including phenoxy) is 2. The highest BCUT2D eigenvalue weighted by Crippen LogP contribution is 2.37. The van der Waals surface area contributed by atoms with Crippen LogP contribution < -0.4 is 15.4 Å². The van der Waals surface area contributed by atoms with E-state index in [4.69, 9.17) is 9.47 Å². The first-order chi connectivity index (χ1) is 9.69. The van der Waals surface area contributed by atoms with Crippen LogP contribution in [0.25, 0.3) is 0 Å². The molecular weight excluding hydrogens is 260 g/mol. The molecule has 3 rings (SSSR count). The Morgan fingerprint density at radius 1 is 1.40 bits per heavy atom. The molecule has 6 heteroatoms. The summed E-state index contributed by atoms with van der Waals surface area (Å²) in [4.78, 5) is 11.7. The minimum atomic E-state index is -0.248. The van der Waals surface area contributed by atoms with Crippen LogP contribution in [0.3, 0.4) is 0 Å². The topological polar surface area (TPSA) is 79.8 Å². The molecule has 2 amide bonds. The van der Waals surface area contributed by atoms with Gasteiger partial charge in [0.2, 0.25) is 0 Å². The van der Waals surface area contributed by atoms with Gasteiger partial charge in [-0.1, -0.05) is 6.07 Å². The van der Waals surface area contributed by atoms with Gasteiger partial charge in [0.05, 0.1) is 13.2 Å². The van der Waals surface area contributed by atoms with Gasteiger partial charge in [0, 0.05) is 12.5 Å². The van der Waals surface area contributed by atoms with Crippen LogP contribution in [-0.4, -0.2) is 31.1 Å². The molecule has 2 heterocycles. The highest BCUT2D eigenvalue weighted by molar-refractivity contribution is 5.75. The van der Waals surface area contributed by atoms with Crippen LogP contribution in [-0.2, 0) is 4.74 Å². The van der Waals surface area contributed by atoms with Gasteiger partial charge < -0.3 is 25.2 Å². The Morgan fingerprint density at radius 3 is 3.05 bits per heavy atom. The highest BCUT2D eigenvalue weighted by atomic mass is 16.5. The molecule has 0 saturated carbocycles. The molecule has 3 atom stereocenters. The molecule has 20 heavy (non-hydrogen) atoms. The average Bonchev–Trinajstić information content (AvgIpc) is 2.47. The Balaban J connectivity index is 1.92. The van der Waals surface area contributed by atoms with E-state index in [1.807, 2.05) is 0 Å². The van der Waals surface area contributed by atoms with Crippen molar-refractivity contribution in [3.8, 4) is 11.5 Å². The number of methoxy groups -OCH3 is 1. The van der Waals surface area contributed by atoms with Gasteiger partial charge >= 0.3 is 6.03 Å². The number of amides is 2. The number of benzene rings is 1. The van der Waals surface area contributed by atoms with Gasteiger partial charge in [-0.25, -0.2) is 4.79 Å². The van der Waals surface area contributed by atoms with Gasteiger partial charge in [-0.3, -0.25) is 0 Å². The zero-order valence-electron chi connectivity index (χ0n) is 11.3. The Morgan fingerprint density at radius 2 is 2.25 bits per heavy atom. The standard InChI is InChI=1S/C14H18N2O4/c1-19-11-7-8(4-5-10(11)17)12-9-3-2-6-20-13(9)16-14(18)15-12/h4-5,7,9,12-13,17H,2-3,6H2,1H3,(H2,15,16,18)/t9-,12-,13-/m1/s1. The van der Waals surface area contributed by atoms with Crippen LogP contribution in [0.4, 0.5) is 4.79 Å². The molecule has 1 aromatic carbocycles. The van der Waals surface area contributed by atoms with E-state index in [9.17, 15) is 9.90 Å². The summed E-state index contributed by atoms with van der Waals surface area (Å²) in [7, 11) is 1.51. The van der Waals surface area contributed by atoms with Crippen molar-refractivity contribution in [1.29, 1.82) is 0 Å². The summed E-state index contributed by atoms with van der Waals surface area (Å²) in [5.41, 5.74) is 0.912. The number of hydrogen-bond acceptors (Lipinski definition) is 4. The van der Waals surface area contributed by atoms with E-state index in [-0.39, 0.29) is 30.0 Å². The number of fused-ring (bicyclic) bond motifs is 1. The average molecular weight is 278 g/mol. The van der Waals surface area contributed by atoms with Gasteiger partial charge in [-0.05, 0) is 30.5 Å². The van der Waals surface area contributed by atoms with E-state index in [1.165, 1.54) is 7.11 Å². The molecule has 1 aromatic rings. The zero-order chi connectivity index (χ0) is 14.1. The summed E-state index contributed by atoms with van der Waals surface area (Å²) >= 11 is 0. The highest BCUT2D eigenvalue weighted by Gasteiger charge is 2.39. The molecule has 0 unspecified atom stereocenters. The fourth-order valence-corrected chi connectivity index (χ4v) is 2.93. The van der Waals surface area contributed by atoms with Crippen LogP contribution in [0.5, 0.6) is 11.5 Å². The van der Waals surface area contributed by atoms with E-state index in [0.717, 1.165) is 18.4 Å². The van der Waals surface area contributed by atoms with Crippen molar-refractivity contribution in [2.45, 2.75) is 25.1 Å². The molecule has 0 radical (unpaired) electrons. The second-order valence-corrected chi connectivity index (χ2v) is 5.12. The smallest absolute Gasteiger partial charge is 0.317 e. The Labute approximate surface area is 117 Å². The number of nitrogens with one attached hydrogen (secondary N) is 2. The van der Waals surface area contributed by atoms with Crippen molar-refractivity contribution < 1.29 is 19.4 Å². The Hall–Kier alpha value is -1.95. The molecule has 0 bridgehead atoms. The molecular formula is C14H18N2O4. The summed E-state index contributed by atoms with van der Waals surface area (Å²) in [5.74, 6) is 0.673. The van der Waals surface area contributed by atoms with Gasteiger partial charge in [0.1, 0.15) is 6.23 Å². The van der Waals surface area contributed by atoms with Gasteiger partial charge in [0.25, 0.3) is 0 Å². The van der Waals surface area contributed by atoms with Crippen molar-refractivity contribution in [3.63, 3.8) is 0 Å². The fourth-order valence-electron chi connectivity index (χ4n) is 2.93. The third-order valence-electron chi connectivity index (χ3n) is 3.92. The zero-order valence-corrected chi connectivity index (χ0v) is 11.3. The summed E-state index contributed by atoms with van der Waals surface area (Å²) in [6, 6.07) is 4.78. The van der Waals surface area contributed by atoms with Gasteiger partial charge in [0.15, 0.2) is 11.5 Å². The van der Waals surface area contributed by atoms with E-state index in [0.29, 0.717) is 12.4 Å². The molecule has 6 nitrogen and oxygen atoms in total. The van der Waals surface area contributed by atoms with Crippen LogP contribution in [0, 0.1) is 5.92 Å². The van der Waals surface area contributed by atoms with Crippen molar-refractivity contribution in [1.82, 2.24) is 10.6 Å². The summed E-state index contributed by atoms with van der Waals surface area (Å²) in [5, 5.41) is 15.4. The third kappa shape index (κ3) is 2.27. The van der Waals surface area contributed by atoms with Crippen LogP contribution in [0.15, 0.2) is 18.2 Å². The van der Waals surface area contributed by atoms with Crippen LogP contribution >= 0.6 is 0 Å². The first-order valence-electron chi connectivity index (χ1n) is 6.74. The number of phenolic OH excluding ortho intramolecular Hbond substituents is 1. The van der Waals surface area contributed by atoms with Crippen molar-refractivity contribution in [2.24, 2.45) is 5.92 Å². The monoisotopic (exact) mass is 278 g/mol. The lowest BCUT2D eigenvalue weighted by Crippen LogP contribution is -2.58. The number of aromatic hydroxyl groups is 1. The van der Waals surface area contributed by atoms with Crippen LogP contribution in [0.1, 0.15) is 24.4 Å². The second-order valence-electron chi connectivity index (χ2n) is 5.12. The maximum Gasteiger partial charge on any atom is 0.317 e. The molecule has 108 valence electrons. The molecule has 3 N–H and O–H groups in total. The molecule has 2 aliphatic heterocycles. The summed E-state index contributed by atoms with van der Waals surface area (Å²) in [6.07, 6.45) is 1.71. The molecule has 0 aromatic heterocycles. The molecule has 0 aliphatic carbocycles. The maximum atomic E-state index is 11.7. The molecule has 0 spiro atoms. The number of phenols is 1. The quantitative estimate of drug-likeness (QED) is 0.766. The number of carbonyl (C=O) groups is 1. The normalized spacial score (nSPS) is 29.1. The van der Waals surface area contributed by atoms with Crippen molar-refractivity contribution >= 4 is 6.03 Å². The third-order valence-corrected chi connectivity index (χ3v) is 3.92. The number of urea groups is 1. The first kappa shape index (κ1) is 13.1. The van der Waals surface area contributed by atoms with Crippen molar-refractivity contribution in [3.05, 3.63) is 23.8 Å². The number of hydrogen-bond donors (Lipinski definition) is 3. The SMILES string of the molecule is COc1cc([C@H]2NC(=O)N[C@@H]3OCCC[C@@H]32)ccc1O. The predicted molar refractivity (Wildman–Crippen MR) is 71.5 cm³/mol. The first-order valence-corrected chi connectivity index (χ1v) is 6.74. The van der Waals surface area contributed by atoms with E-state index in [1.54, 1.807) is 18.2 Å². The van der Waals surface area contributed by atoms with Gasteiger partial charge in [-0.2, -0.15) is 0 Å². The van der Waals surface area contributed by atoms with E-state index in [2.05, 4.69) is 10.6 Å².